The first-order valence-corrected chi connectivity index (χ1v) is 6.54. The summed E-state index contributed by atoms with van der Waals surface area (Å²) in [5.41, 5.74) is 3.84. The van der Waals surface area contributed by atoms with Crippen LogP contribution in [0.15, 0.2) is 54.6 Å². The summed E-state index contributed by atoms with van der Waals surface area (Å²) in [5.74, 6) is 5.62. The zero-order valence-electron chi connectivity index (χ0n) is 11.8. The fourth-order valence-corrected chi connectivity index (χ4v) is 1.93. The molecule has 5 nitrogen and oxygen atoms in total. The van der Waals surface area contributed by atoms with Crippen LogP contribution in [0.3, 0.4) is 0 Å². The second-order valence-corrected chi connectivity index (χ2v) is 4.46. The smallest absolute Gasteiger partial charge is 0.267 e. The van der Waals surface area contributed by atoms with Gasteiger partial charge < -0.3 is 9.47 Å². The van der Waals surface area contributed by atoms with Crippen LogP contribution in [0.25, 0.3) is 0 Å². The molecule has 0 spiro atoms. The van der Waals surface area contributed by atoms with Crippen LogP contribution in [-0.4, -0.2) is 13.0 Å². The van der Waals surface area contributed by atoms with Gasteiger partial charge in [0.25, 0.3) is 5.91 Å². The lowest BCUT2D eigenvalue weighted by atomic mass is 10.1. The van der Waals surface area contributed by atoms with Gasteiger partial charge >= 0.3 is 0 Å². The summed E-state index contributed by atoms with van der Waals surface area (Å²) in [7, 11) is 1.61. The maximum atomic E-state index is 11.9. The first kappa shape index (κ1) is 15.0. The molecular weight excluding hydrogens is 268 g/mol. The molecule has 110 valence electrons. The molecule has 0 saturated carbocycles. The van der Waals surface area contributed by atoms with Gasteiger partial charge in [-0.1, -0.05) is 42.5 Å². The van der Waals surface area contributed by atoms with Gasteiger partial charge in [-0.25, -0.2) is 5.84 Å². The number of rotatable bonds is 6. The number of hydrogen-bond acceptors (Lipinski definition) is 4. The average Bonchev–Trinajstić information content (AvgIpc) is 2.56. The Labute approximate surface area is 123 Å². The highest BCUT2D eigenvalue weighted by molar-refractivity contribution is 5.81. The summed E-state index contributed by atoms with van der Waals surface area (Å²) < 4.78 is 10.8. The van der Waals surface area contributed by atoms with Crippen molar-refractivity contribution < 1.29 is 14.3 Å². The SMILES string of the molecule is COc1ccc(COC(C(=O)NN)c2ccccc2)cc1. The zero-order chi connectivity index (χ0) is 15.1. The van der Waals surface area contributed by atoms with E-state index in [0.717, 1.165) is 16.9 Å². The molecule has 0 aliphatic rings. The van der Waals surface area contributed by atoms with E-state index in [9.17, 15) is 4.79 Å². The molecule has 1 amide bonds. The van der Waals surface area contributed by atoms with E-state index < -0.39 is 6.10 Å². The van der Waals surface area contributed by atoms with Gasteiger partial charge in [0.1, 0.15) is 5.75 Å². The number of nitrogens with two attached hydrogens (primary N) is 1. The first-order chi connectivity index (χ1) is 10.2. The van der Waals surface area contributed by atoms with E-state index in [1.165, 1.54) is 0 Å². The highest BCUT2D eigenvalue weighted by Crippen LogP contribution is 2.20. The molecule has 1 atom stereocenters. The molecular formula is C16H18N2O3. The lowest BCUT2D eigenvalue weighted by Crippen LogP contribution is -2.35. The average molecular weight is 286 g/mol. The van der Waals surface area contributed by atoms with Gasteiger partial charge in [0.15, 0.2) is 6.10 Å². The summed E-state index contributed by atoms with van der Waals surface area (Å²) in [6.45, 7) is 0.303. The van der Waals surface area contributed by atoms with Crippen molar-refractivity contribution in [3.63, 3.8) is 0 Å². The maximum Gasteiger partial charge on any atom is 0.267 e. The van der Waals surface area contributed by atoms with Crippen LogP contribution in [0.5, 0.6) is 5.75 Å². The molecule has 0 aliphatic carbocycles. The Hall–Kier alpha value is -2.37. The highest BCUT2D eigenvalue weighted by atomic mass is 16.5. The van der Waals surface area contributed by atoms with Crippen molar-refractivity contribution in [1.82, 2.24) is 5.43 Å². The van der Waals surface area contributed by atoms with Crippen molar-refractivity contribution in [3.05, 3.63) is 65.7 Å². The minimum absolute atomic E-state index is 0.303. The summed E-state index contributed by atoms with van der Waals surface area (Å²) in [6.07, 6.45) is -0.738. The molecule has 0 heterocycles. The van der Waals surface area contributed by atoms with Crippen LogP contribution in [0.4, 0.5) is 0 Å². The summed E-state index contributed by atoms with van der Waals surface area (Å²) >= 11 is 0. The normalized spacial score (nSPS) is 11.7. The largest absolute Gasteiger partial charge is 0.497 e. The Kier molecular flexibility index (Phi) is 5.31. The quantitative estimate of drug-likeness (QED) is 0.483. The molecule has 0 aromatic heterocycles. The van der Waals surface area contributed by atoms with Gasteiger partial charge in [0.05, 0.1) is 13.7 Å². The topological polar surface area (TPSA) is 73.6 Å². The van der Waals surface area contributed by atoms with E-state index in [1.807, 2.05) is 54.6 Å². The number of carbonyl (C=O) groups is 1. The van der Waals surface area contributed by atoms with Crippen molar-refractivity contribution >= 4 is 5.91 Å². The molecule has 21 heavy (non-hydrogen) atoms. The molecule has 2 rings (SSSR count). The third-order valence-electron chi connectivity index (χ3n) is 3.06. The van der Waals surface area contributed by atoms with Gasteiger partial charge in [-0.05, 0) is 23.3 Å². The predicted molar refractivity (Wildman–Crippen MR) is 79.3 cm³/mol. The Bertz CT molecular complexity index is 570. The van der Waals surface area contributed by atoms with Crippen LogP contribution < -0.4 is 16.0 Å². The van der Waals surface area contributed by atoms with E-state index >= 15 is 0 Å². The van der Waals surface area contributed by atoms with Crippen molar-refractivity contribution in [1.29, 1.82) is 0 Å². The monoisotopic (exact) mass is 286 g/mol. The minimum atomic E-state index is -0.738. The Morgan fingerprint density at radius 2 is 1.81 bits per heavy atom. The Morgan fingerprint density at radius 3 is 2.38 bits per heavy atom. The molecule has 0 bridgehead atoms. The molecule has 2 aromatic carbocycles. The fourth-order valence-electron chi connectivity index (χ4n) is 1.93. The van der Waals surface area contributed by atoms with Crippen molar-refractivity contribution in [2.75, 3.05) is 7.11 Å². The third kappa shape index (κ3) is 4.05. The van der Waals surface area contributed by atoms with Crippen molar-refractivity contribution in [2.24, 2.45) is 5.84 Å². The second-order valence-electron chi connectivity index (χ2n) is 4.46. The Balaban J connectivity index is 2.07. The van der Waals surface area contributed by atoms with Crippen LogP contribution >= 0.6 is 0 Å². The van der Waals surface area contributed by atoms with E-state index in [-0.39, 0.29) is 5.91 Å². The molecule has 0 aliphatic heterocycles. The van der Waals surface area contributed by atoms with Crippen LogP contribution in [0.1, 0.15) is 17.2 Å². The Morgan fingerprint density at radius 1 is 1.14 bits per heavy atom. The van der Waals surface area contributed by atoms with Crippen molar-refractivity contribution in [2.45, 2.75) is 12.7 Å². The predicted octanol–water partition coefficient (Wildman–Crippen LogP) is 1.94. The number of hydrogen-bond donors (Lipinski definition) is 2. The van der Waals surface area contributed by atoms with Crippen LogP contribution in [-0.2, 0) is 16.1 Å². The number of ether oxygens (including phenoxy) is 2. The molecule has 0 radical (unpaired) electrons. The van der Waals surface area contributed by atoms with Gasteiger partial charge in [0, 0.05) is 0 Å². The van der Waals surface area contributed by atoms with Crippen molar-refractivity contribution in [3.8, 4) is 5.75 Å². The number of hydrazine groups is 1. The number of methoxy groups -OCH3 is 1. The molecule has 5 heteroatoms. The number of nitrogens with one attached hydrogen (secondary N) is 1. The second kappa shape index (κ2) is 7.42. The fraction of sp³-hybridized carbons (Fsp3) is 0.188. The molecule has 3 N–H and O–H groups in total. The lowest BCUT2D eigenvalue weighted by molar-refractivity contribution is -0.134. The number of carbonyl (C=O) groups excluding carboxylic acids is 1. The summed E-state index contributed by atoms with van der Waals surface area (Å²) in [5, 5.41) is 0. The zero-order valence-corrected chi connectivity index (χ0v) is 11.8. The highest BCUT2D eigenvalue weighted by Gasteiger charge is 2.20. The van der Waals surface area contributed by atoms with Crippen LogP contribution in [0.2, 0.25) is 0 Å². The van der Waals surface area contributed by atoms with E-state index in [4.69, 9.17) is 15.3 Å². The summed E-state index contributed by atoms with van der Waals surface area (Å²) in [4.78, 5) is 11.9. The number of amides is 1. The molecule has 2 aromatic rings. The van der Waals surface area contributed by atoms with Gasteiger partial charge in [-0.3, -0.25) is 10.2 Å². The van der Waals surface area contributed by atoms with Gasteiger partial charge in [-0.15, -0.1) is 0 Å². The van der Waals surface area contributed by atoms with Gasteiger partial charge in [0.2, 0.25) is 0 Å². The van der Waals surface area contributed by atoms with Crippen LogP contribution in [0, 0.1) is 0 Å². The van der Waals surface area contributed by atoms with E-state index in [0.29, 0.717) is 6.61 Å². The van der Waals surface area contributed by atoms with E-state index in [2.05, 4.69) is 5.43 Å². The van der Waals surface area contributed by atoms with Gasteiger partial charge in [-0.2, -0.15) is 0 Å². The molecule has 0 saturated heterocycles. The standard InChI is InChI=1S/C16H18N2O3/c1-20-14-9-7-12(8-10-14)11-21-15(16(19)18-17)13-5-3-2-4-6-13/h2-10,15H,11,17H2,1H3,(H,18,19). The maximum absolute atomic E-state index is 11.9. The minimum Gasteiger partial charge on any atom is -0.497 e. The molecule has 1 unspecified atom stereocenters. The first-order valence-electron chi connectivity index (χ1n) is 6.54. The van der Waals surface area contributed by atoms with E-state index in [1.54, 1.807) is 7.11 Å². The summed E-state index contributed by atoms with van der Waals surface area (Å²) in [6, 6.07) is 16.7. The molecule has 0 fully saturated rings. The number of benzene rings is 2. The lowest BCUT2D eigenvalue weighted by Gasteiger charge is -2.16. The third-order valence-corrected chi connectivity index (χ3v) is 3.06.